The van der Waals surface area contributed by atoms with E-state index < -0.39 is 0 Å². The van der Waals surface area contributed by atoms with Gasteiger partial charge in [0.2, 0.25) is 0 Å². The Hall–Kier alpha value is -3.47. The third-order valence-electron chi connectivity index (χ3n) is 4.83. The molecule has 0 fully saturated rings. The van der Waals surface area contributed by atoms with Gasteiger partial charge in [-0.3, -0.25) is 4.79 Å². The molecule has 4 aromatic rings. The second-order valence-electron chi connectivity index (χ2n) is 6.77. The van der Waals surface area contributed by atoms with Gasteiger partial charge in [-0.25, -0.2) is 4.39 Å². The highest BCUT2D eigenvalue weighted by molar-refractivity contribution is 6.01. The lowest BCUT2D eigenvalue weighted by Gasteiger charge is -2.15. The number of nitrogens with one attached hydrogen (secondary N) is 1. The van der Waals surface area contributed by atoms with E-state index in [1.165, 1.54) is 12.1 Å². The van der Waals surface area contributed by atoms with Crippen molar-refractivity contribution in [2.75, 3.05) is 0 Å². The van der Waals surface area contributed by atoms with E-state index in [0.29, 0.717) is 22.6 Å². The number of hydrogen-bond acceptors (Lipinski definition) is 3. The van der Waals surface area contributed by atoms with Crippen LogP contribution >= 0.6 is 0 Å². The third-order valence-corrected chi connectivity index (χ3v) is 4.83. The van der Waals surface area contributed by atoms with E-state index in [4.69, 9.17) is 4.52 Å². The summed E-state index contributed by atoms with van der Waals surface area (Å²) in [6.45, 7) is 3.62. The molecule has 1 heterocycles. The number of benzene rings is 3. The van der Waals surface area contributed by atoms with Gasteiger partial charge in [0.1, 0.15) is 22.8 Å². The van der Waals surface area contributed by atoms with Crippen LogP contribution in [0.15, 0.2) is 71.3 Å². The fourth-order valence-corrected chi connectivity index (χ4v) is 3.27. The van der Waals surface area contributed by atoms with Gasteiger partial charge in [0.05, 0.1) is 6.04 Å². The summed E-state index contributed by atoms with van der Waals surface area (Å²) in [6.07, 6.45) is 0. The van der Waals surface area contributed by atoms with Crippen LogP contribution < -0.4 is 5.32 Å². The zero-order chi connectivity index (χ0) is 19.7. The van der Waals surface area contributed by atoms with Crippen LogP contribution in [0.2, 0.25) is 0 Å². The van der Waals surface area contributed by atoms with E-state index in [1.54, 1.807) is 19.1 Å². The maximum atomic E-state index is 13.2. The van der Waals surface area contributed by atoms with Gasteiger partial charge in [-0.05, 0) is 60.5 Å². The number of nitrogens with zero attached hydrogens (tertiary/aromatic N) is 1. The highest BCUT2D eigenvalue weighted by atomic mass is 19.1. The van der Waals surface area contributed by atoms with Gasteiger partial charge in [0, 0.05) is 5.56 Å². The Bertz CT molecular complexity index is 1150. The van der Waals surface area contributed by atoms with Gasteiger partial charge in [-0.15, -0.1) is 0 Å². The molecule has 1 N–H and O–H groups in total. The molecule has 1 amide bonds. The molecule has 28 heavy (non-hydrogen) atoms. The summed E-state index contributed by atoms with van der Waals surface area (Å²) in [4.78, 5) is 12.9. The van der Waals surface area contributed by atoms with Crippen LogP contribution in [0.25, 0.3) is 22.0 Å². The lowest BCUT2D eigenvalue weighted by Crippen LogP contribution is -2.27. The normalized spacial score (nSPS) is 12.1. The van der Waals surface area contributed by atoms with Crippen molar-refractivity contribution in [1.82, 2.24) is 10.5 Å². The Morgan fingerprint density at radius 3 is 2.50 bits per heavy atom. The van der Waals surface area contributed by atoms with Gasteiger partial charge >= 0.3 is 0 Å². The van der Waals surface area contributed by atoms with E-state index in [1.807, 2.05) is 37.3 Å². The Morgan fingerprint density at radius 2 is 1.75 bits per heavy atom. The zero-order valence-corrected chi connectivity index (χ0v) is 15.6. The largest absolute Gasteiger partial charge is 0.360 e. The Balaban J connectivity index is 1.61. The zero-order valence-electron chi connectivity index (χ0n) is 15.6. The van der Waals surface area contributed by atoms with E-state index >= 15 is 0 Å². The van der Waals surface area contributed by atoms with Crippen molar-refractivity contribution in [2.24, 2.45) is 0 Å². The van der Waals surface area contributed by atoms with Gasteiger partial charge in [0.25, 0.3) is 5.91 Å². The standard InChI is InChI=1S/C23H19FN2O2/c1-14(18-8-7-16-5-3-4-6-19(16)13-18)25-23(27)21-15(2)28-26-22(21)17-9-11-20(24)12-10-17/h3-14H,1-2H3,(H,25,27). The van der Waals surface area contributed by atoms with Crippen LogP contribution in [-0.4, -0.2) is 11.1 Å². The summed E-state index contributed by atoms with van der Waals surface area (Å²) >= 11 is 0. The molecule has 140 valence electrons. The molecule has 0 spiro atoms. The Kier molecular flexibility index (Phi) is 4.65. The fourth-order valence-electron chi connectivity index (χ4n) is 3.27. The van der Waals surface area contributed by atoms with E-state index in [-0.39, 0.29) is 17.8 Å². The van der Waals surface area contributed by atoms with Crippen LogP contribution in [0.1, 0.15) is 34.6 Å². The van der Waals surface area contributed by atoms with Crippen molar-refractivity contribution in [3.63, 3.8) is 0 Å². The number of aryl methyl sites for hydroxylation is 1. The predicted octanol–water partition coefficient (Wildman–Crippen LogP) is 5.43. The molecule has 5 heteroatoms. The predicted molar refractivity (Wildman–Crippen MR) is 106 cm³/mol. The molecule has 0 radical (unpaired) electrons. The molecule has 1 unspecified atom stereocenters. The first-order valence-electron chi connectivity index (χ1n) is 9.04. The molecule has 0 aliphatic rings. The van der Waals surface area contributed by atoms with Crippen molar-refractivity contribution < 1.29 is 13.7 Å². The highest BCUT2D eigenvalue weighted by Crippen LogP contribution is 2.27. The van der Waals surface area contributed by atoms with Crippen LogP contribution in [0.3, 0.4) is 0 Å². The number of rotatable bonds is 4. The number of carbonyl (C=O) groups is 1. The quantitative estimate of drug-likeness (QED) is 0.518. The molecular weight excluding hydrogens is 355 g/mol. The van der Waals surface area contributed by atoms with Crippen molar-refractivity contribution in [3.8, 4) is 11.3 Å². The van der Waals surface area contributed by atoms with Crippen LogP contribution in [0, 0.1) is 12.7 Å². The van der Waals surface area contributed by atoms with E-state index in [2.05, 4.69) is 22.6 Å². The number of amides is 1. The van der Waals surface area contributed by atoms with Crippen molar-refractivity contribution >= 4 is 16.7 Å². The second-order valence-corrected chi connectivity index (χ2v) is 6.77. The molecular formula is C23H19FN2O2. The SMILES string of the molecule is Cc1onc(-c2ccc(F)cc2)c1C(=O)NC(C)c1ccc2ccccc2c1. The highest BCUT2D eigenvalue weighted by Gasteiger charge is 2.23. The number of hydrogen-bond donors (Lipinski definition) is 1. The topological polar surface area (TPSA) is 55.1 Å². The van der Waals surface area contributed by atoms with E-state index in [9.17, 15) is 9.18 Å². The lowest BCUT2D eigenvalue weighted by molar-refractivity contribution is 0.0939. The average Bonchev–Trinajstić information content (AvgIpc) is 3.09. The first-order valence-corrected chi connectivity index (χ1v) is 9.04. The van der Waals surface area contributed by atoms with Crippen LogP contribution in [0.4, 0.5) is 4.39 Å². The van der Waals surface area contributed by atoms with Crippen molar-refractivity contribution in [3.05, 3.63) is 89.4 Å². The molecule has 0 saturated carbocycles. The summed E-state index contributed by atoms with van der Waals surface area (Å²) in [5, 5.41) is 9.28. The smallest absolute Gasteiger partial charge is 0.257 e. The third kappa shape index (κ3) is 3.39. The Labute approximate surface area is 162 Å². The van der Waals surface area contributed by atoms with Gasteiger partial charge in [-0.2, -0.15) is 0 Å². The van der Waals surface area contributed by atoms with Crippen LogP contribution in [0.5, 0.6) is 0 Å². The number of aromatic nitrogens is 1. The minimum absolute atomic E-state index is 0.201. The monoisotopic (exact) mass is 374 g/mol. The number of halogens is 1. The van der Waals surface area contributed by atoms with Gasteiger partial charge in [-0.1, -0.05) is 41.6 Å². The summed E-state index contributed by atoms with van der Waals surface area (Å²) < 4.78 is 18.5. The van der Waals surface area contributed by atoms with E-state index in [0.717, 1.165) is 16.3 Å². The van der Waals surface area contributed by atoms with Crippen molar-refractivity contribution in [1.29, 1.82) is 0 Å². The molecule has 4 rings (SSSR count). The average molecular weight is 374 g/mol. The molecule has 3 aromatic carbocycles. The maximum absolute atomic E-state index is 13.2. The first-order chi connectivity index (χ1) is 13.5. The Morgan fingerprint density at radius 1 is 1.04 bits per heavy atom. The molecule has 1 atom stereocenters. The first kappa shape index (κ1) is 17.9. The second kappa shape index (κ2) is 7.27. The van der Waals surface area contributed by atoms with Crippen molar-refractivity contribution in [2.45, 2.75) is 19.9 Å². The summed E-state index contributed by atoms with van der Waals surface area (Å²) in [5.74, 6) is -0.207. The summed E-state index contributed by atoms with van der Waals surface area (Å²) in [7, 11) is 0. The van der Waals surface area contributed by atoms with Crippen LogP contribution in [-0.2, 0) is 0 Å². The molecule has 0 aliphatic heterocycles. The number of carbonyl (C=O) groups excluding carboxylic acids is 1. The maximum Gasteiger partial charge on any atom is 0.257 e. The molecule has 0 bridgehead atoms. The molecule has 1 aromatic heterocycles. The minimum Gasteiger partial charge on any atom is -0.360 e. The summed E-state index contributed by atoms with van der Waals surface area (Å²) in [5.41, 5.74) is 2.39. The number of fused-ring (bicyclic) bond motifs is 1. The fraction of sp³-hybridized carbons (Fsp3) is 0.130. The minimum atomic E-state index is -0.347. The molecule has 0 saturated heterocycles. The van der Waals surface area contributed by atoms with Gasteiger partial charge < -0.3 is 9.84 Å². The summed E-state index contributed by atoms with van der Waals surface area (Å²) in [6, 6.07) is 19.8. The molecule has 4 nitrogen and oxygen atoms in total. The lowest BCUT2D eigenvalue weighted by atomic mass is 10.0. The van der Waals surface area contributed by atoms with Gasteiger partial charge in [0.15, 0.2) is 0 Å². The molecule has 0 aliphatic carbocycles.